The van der Waals surface area contributed by atoms with Gasteiger partial charge in [-0.1, -0.05) is 21.1 Å². The Morgan fingerprint density at radius 1 is 1.53 bits per heavy atom. The van der Waals surface area contributed by atoms with E-state index in [0.29, 0.717) is 25.1 Å². The molecule has 94 valence electrons. The van der Waals surface area contributed by atoms with Crippen LogP contribution >= 0.6 is 15.9 Å². The van der Waals surface area contributed by atoms with Gasteiger partial charge in [-0.15, -0.1) is 0 Å². The first-order valence-corrected chi connectivity index (χ1v) is 6.04. The van der Waals surface area contributed by atoms with Gasteiger partial charge in [0.05, 0.1) is 0 Å². The third-order valence-corrected chi connectivity index (χ3v) is 2.73. The number of amidine groups is 1. The SMILES string of the molecule is NC(CCCNCc1cc(Br)ccc1F)=NO. The van der Waals surface area contributed by atoms with Gasteiger partial charge in [0, 0.05) is 23.0 Å². The molecular weight excluding hydrogens is 289 g/mol. The van der Waals surface area contributed by atoms with Crippen molar-refractivity contribution in [2.75, 3.05) is 6.54 Å². The minimum absolute atomic E-state index is 0.209. The molecule has 0 aliphatic rings. The predicted molar refractivity (Wildman–Crippen MR) is 68.4 cm³/mol. The number of oxime groups is 1. The van der Waals surface area contributed by atoms with E-state index in [0.717, 1.165) is 10.9 Å². The number of halogens is 2. The fourth-order valence-electron chi connectivity index (χ4n) is 1.35. The van der Waals surface area contributed by atoms with E-state index in [2.05, 4.69) is 26.4 Å². The summed E-state index contributed by atoms with van der Waals surface area (Å²) in [5.74, 6) is -0.0161. The van der Waals surface area contributed by atoms with Crippen LogP contribution in [0, 0.1) is 5.82 Å². The van der Waals surface area contributed by atoms with Crippen molar-refractivity contribution in [3.63, 3.8) is 0 Å². The zero-order valence-corrected chi connectivity index (χ0v) is 10.9. The molecule has 0 atom stereocenters. The molecule has 17 heavy (non-hydrogen) atoms. The van der Waals surface area contributed by atoms with Crippen LogP contribution < -0.4 is 11.1 Å². The summed E-state index contributed by atoms with van der Waals surface area (Å²) >= 11 is 3.29. The van der Waals surface area contributed by atoms with Crippen LogP contribution in [0.3, 0.4) is 0 Å². The van der Waals surface area contributed by atoms with E-state index in [4.69, 9.17) is 10.9 Å². The Balaban J connectivity index is 2.29. The average Bonchev–Trinajstić information content (AvgIpc) is 2.32. The third-order valence-electron chi connectivity index (χ3n) is 2.24. The number of nitrogens with one attached hydrogen (secondary N) is 1. The van der Waals surface area contributed by atoms with Crippen molar-refractivity contribution in [3.8, 4) is 0 Å². The number of rotatable bonds is 6. The van der Waals surface area contributed by atoms with E-state index in [1.165, 1.54) is 6.07 Å². The molecule has 0 fully saturated rings. The lowest BCUT2D eigenvalue weighted by Gasteiger charge is -2.06. The van der Waals surface area contributed by atoms with Crippen molar-refractivity contribution in [2.24, 2.45) is 10.9 Å². The highest BCUT2D eigenvalue weighted by atomic mass is 79.9. The Kier molecular flexibility index (Phi) is 5.93. The Morgan fingerprint density at radius 3 is 3.00 bits per heavy atom. The molecule has 0 saturated carbocycles. The summed E-state index contributed by atoms with van der Waals surface area (Å²) in [6.07, 6.45) is 1.26. The monoisotopic (exact) mass is 303 g/mol. The van der Waals surface area contributed by atoms with Gasteiger partial charge in [0.2, 0.25) is 0 Å². The van der Waals surface area contributed by atoms with Crippen LogP contribution in [0.2, 0.25) is 0 Å². The maximum absolute atomic E-state index is 13.3. The predicted octanol–water partition coefficient (Wildman–Crippen LogP) is 2.20. The summed E-state index contributed by atoms with van der Waals surface area (Å²) in [6.45, 7) is 1.14. The molecule has 0 unspecified atom stereocenters. The summed E-state index contributed by atoms with van der Waals surface area (Å²) in [5, 5.41) is 14.3. The standard InChI is InChI=1S/C11H15BrFN3O/c12-9-3-4-10(13)8(6-9)7-15-5-1-2-11(14)16-17/h3-4,6,15,17H,1-2,5,7H2,(H2,14,16). The topological polar surface area (TPSA) is 70.6 Å². The molecule has 0 bridgehead atoms. The summed E-state index contributed by atoms with van der Waals surface area (Å²) in [7, 11) is 0. The molecule has 0 aromatic heterocycles. The number of hydrogen-bond donors (Lipinski definition) is 3. The average molecular weight is 304 g/mol. The van der Waals surface area contributed by atoms with Crippen molar-refractivity contribution < 1.29 is 9.60 Å². The first kappa shape index (κ1) is 13.9. The smallest absolute Gasteiger partial charge is 0.139 e. The molecule has 4 N–H and O–H groups in total. The Labute approximate surface area is 108 Å². The molecule has 0 aliphatic heterocycles. The molecule has 0 heterocycles. The van der Waals surface area contributed by atoms with Crippen LogP contribution in [0.4, 0.5) is 4.39 Å². The van der Waals surface area contributed by atoms with Crippen LogP contribution in [-0.2, 0) is 6.54 Å². The second kappa shape index (κ2) is 7.24. The lowest BCUT2D eigenvalue weighted by molar-refractivity contribution is 0.316. The highest BCUT2D eigenvalue weighted by Gasteiger charge is 2.02. The lowest BCUT2D eigenvalue weighted by atomic mass is 10.2. The van der Waals surface area contributed by atoms with Gasteiger partial charge in [0.25, 0.3) is 0 Å². The van der Waals surface area contributed by atoms with Gasteiger partial charge in [-0.2, -0.15) is 0 Å². The van der Waals surface area contributed by atoms with Crippen molar-refractivity contribution in [2.45, 2.75) is 19.4 Å². The lowest BCUT2D eigenvalue weighted by Crippen LogP contribution is -2.19. The number of nitrogens with two attached hydrogens (primary N) is 1. The minimum atomic E-state index is -0.225. The Hall–Kier alpha value is -1.14. The van der Waals surface area contributed by atoms with Gasteiger partial charge in [-0.3, -0.25) is 0 Å². The largest absolute Gasteiger partial charge is 0.409 e. The van der Waals surface area contributed by atoms with Crippen LogP contribution in [0.25, 0.3) is 0 Å². The number of nitrogens with zero attached hydrogens (tertiary/aromatic N) is 1. The fraction of sp³-hybridized carbons (Fsp3) is 0.364. The van der Waals surface area contributed by atoms with Crippen molar-refractivity contribution in [1.29, 1.82) is 0 Å². The summed E-state index contributed by atoms with van der Waals surface area (Å²) in [4.78, 5) is 0. The van der Waals surface area contributed by atoms with Gasteiger partial charge in [0.1, 0.15) is 11.7 Å². The molecule has 4 nitrogen and oxygen atoms in total. The van der Waals surface area contributed by atoms with Gasteiger partial charge in [0.15, 0.2) is 0 Å². The molecule has 1 rings (SSSR count). The van der Waals surface area contributed by atoms with Crippen LogP contribution in [0.15, 0.2) is 27.8 Å². The van der Waals surface area contributed by atoms with E-state index < -0.39 is 0 Å². The van der Waals surface area contributed by atoms with Gasteiger partial charge in [-0.05, 0) is 31.2 Å². The quantitative estimate of drug-likeness (QED) is 0.248. The summed E-state index contributed by atoms with van der Waals surface area (Å²) in [6, 6.07) is 4.83. The van der Waals surface area contributed by atoms with Crippen molar-refractivity contribution in [1.82, 2.24) is 5.32 Å². The zero-order chi connectivity index (χ0) is 12.7. The highest BCUT2D eigenvalue weighted by Crippen LogP contribution is 2.15. The van der Waals surface area contributed by atoms with E-state index in [1.807, 2.05) is 0 Å². The molecule has 0 spiro atoms. The molecular formula is C11H15BrFN3O. The molecule has 0 aliphatic carbocycles. The van der Waals surface area contributed by atoms with E-state index >= 15 is 0 Å². The zero-order valence-electron chi connectivity index (χ0n) is 9.29. The Morgan fingerprint density at radius 2 is 2.29 bits per heavy atom. The van der Waals surface area contributed by atoms with Gasteiger partial charge in [-0.25, -0.2) is 4.39 Å². The molecule has 0 radical (unpaired) electrons. The van der Waals surface area contributed by atoms with Gasteiger partial charge < -0.3 is 16.3 Å². The van der Waals surface area contributed by atoms with E-state index in [9.17, 15) is 4.39 Å². The summed E-state index contributed by atoms with van der Waals surface area (Å²) < 4.78 is 14.2. The van der Waals surface area contributed by atoms with Crippen molar-refractivity contribution >= 4 is 21.8 Å². The number of hydrogen-bond acceptors (Lipinski definition) is 3. The van der Waals surface area contributed by atoms with Crippen LogP contribution in [0.5, 0.6) is 0 Å². The third kappa shape index (κ3) is 5.14. The fourth-order valence-corrected chi connectivity index (χ4v) is 1.75. The minimum Gasteiger partial charge on any atom is -0.409 e. The Bertz CT molecular complexity index is 398. The first-order valence-electron chi connectivity index (χ1n) is 5.24. The molecule has 1 aromatic rings. The van der Waals surface area contributed by atoms with Gasteiger partial charge >= 0.3 is 0 Å². The second-order valence-corrected chi connectivity index (χ2v) is 4.52. The molecule has 0 amide bonds. The van der Waals surface area contributed by atoms with Crippen LogP contribution in [-0.4, -0.2) is 17.6 Å². The maximum atomic E-state index is 13.3. The normalized spacial score (nSPS) is 11.8. The highest BCUT2D eigenvalue weighted by molar-refractivity contribution is 9.10. The van der Waals surface area contributed by atoms with E-state index in [-0.39, 0.29) is 11.7 Å². The van der Waals surface area contributed by atoms with Crippen molar-refractivity contribution in [3.05, 3.63) is 34.1 Å². The van der Waals surface area contributed by atoms with E-state index in [1.54, 1.807) is 12.1 Å². The maximum Gasteiger partial charge on any atom is 0.139 e. The molecule has 0 saturated heterocycles. The second-order valence-electron chi connectivity index (χ2n) is 3.61. The van der Waals surface area contributed by atoms with Crippen LogP contribution in [0.1, 0.15) is 18.4 Å². The molecule has 1 aromatic carbocycles. The molecule has 6 heteroatoms. The summed E-state index contributed by atoms with van der Waals surface area (Å²) in [5.41, 5.74) is 5.93. The first-order chi connectivity index (χ1) is 8.13. The number of benzene rings is 1.